The molecule has 1 atom stereocenters. The highest BCUT2D eigenvalue weighted by molar-refractivity contribution is 6.00. The zero-order valence-corrected chi connectivity index (χ0v) is 12.4. The number of methoxy groups -OCH3 is 1. The van der Waals surface area contributed by atoms with E-state index in [4.69, 9.17) is 9.47 Å². The lowest BCUT2D eigenvalue weighted by molar-refractivity contribution is -0.137. The number of ether oxygens (including phenoxy) is 2. The van der Waals surface area contributed by atoms with E-state index < -0.39 is 5.72 Å². The minimum absolute atomic E-state index is 0.0473. The van der Waals surface area contributed by atoms with E-state index in [9.17, 15) is 4.79 Å². The van der Waals surface area contributed by atoms with Crippen LogP contribution in [0.3, 0.4) is 0 Å². The van der Waals surface area contributed by atoms with Gasteiger partial charge in [-0.15, -0.1) is 0 Å². The van der Waals surface area contributed by atoms with Gasteiger partial charge in [-0.05, 0) is 24.6 Å². The van der Waals surface area contributed by atoms with E-state index in [2.05, 4.69) is 0 Å². The number of amides is 1. The number of hydrogen-bond donors (Lipinski definition) is 0. The summed E-state index contributed by atoms with van der Waals surface area (Å²) in [4.78, 5) is 14.6. The van der Waals surface area contributed by atoms with Gasteiger partial charge in [0.05, 0.1) is 13.7 Å². The fourth-order valence-corrected chi connectivity index (χ4v) is 3.47. The van der Waals surface area contributed by atoms with E-state index in [1.54, 1.807) is 7.11 Å². The molecule has 1 fully saturated rings. The Morgan fingerprint density at radius 2 is 1.91 bits per heavy atom. The van der Waals surface area contributed by atoms with Gasteiger partial charge in [0.25, 0.3) is 5.91 Å². The third kappa shape index (κ3) is 1.64. The summed E-state index contributed by atoms with van der Waals surface area (Å²) in [7, 11) is 1.64. The average molecular weight is 295 g/mol. The molecular formula is C18H17NO3. The summed E-state index contributed by atoms with van der Waals surface area (Å²) in [5, 5.41) is 0. The number of carbonyl (C=O) groups is 1. The standard InChI is InChI=1S/C18H17NO3/c1-21-14-9-7-13(8-10-14)18-16-6-3-2-5-15(16)17(20)19(18)11-4-12-22-18/h2-3,5-10H,4,11-12H2,1H3. The van der Waals surface area contributed by atoms with Gasteiger partial charge >= 0.3 is 0 Å². The van der Waals surface area contributed by atoms with Gasteiger partial charge in [-0.25, -0.2) is 0 Å². The molecule has 2 aromatic carbocycles. The van der Waals surface area contributed by atoms with Crippen LogP contribution >= 0.6 is 0 Å². The highest BCUT2D eigenvalue weighted by Crippen LogP contribution is 2.47. The summed E-state index contributed by atoms with van der Waals surface area (Å²) < 4.78 is 11.4. The van der Waals surface area contributed by atoms with Crippen LogP contribution in [0, 0.1) is 0 Å². The number of rotatable bonds is 2. The Labute approximate surface area is 129 Å². The second-order valence-electron chi connectivity index (χ2n) is 5.58. The predicted octanol–water partition coefficient (Wildman–Crippen LogP) is 2.77. The van der Waals surface area contributed by atoms with Crippen LogP contribution in [0.2, 0.25) is 0 Å². The summed E-state index contributed by atoms with van der Waals surface area (Å²) >= 11 is 0. The molecule has 4 heteroatoms. The third-order valence-corrected chi connectivity index (χ3v) is 4.47. The largest absolute Gasteiger partial charge is 0.497 e. The van der Waals surface area contributed by atoms with Gasteiger partial charge < -0.3 is 14.4 Å². The molecule has 0 bridgehead atoms. The number of hydrogen-bond acceptors (Lipinski definition) is 3. The molecule has 4 nitrogen and oxygen atoms in total. The molecule has 0 spiro atoms. The molecule has 2 aliphatic rings. The van der Waals surface area contributed by atoms with Crippen LogP contribution < -0.4 is 4.74 Å². The Balaban J connectivity index is 1.93. The number of carbonyl (C=O) groups excluding carboxylic acids is 1. The first-order valence-electron chi connectivity index (χ1n) is 7.47. The topological polar surface area (TPSA) is 38.8 Å². The zero-order valence-electron chi connectivity index (χ0n) is 12.4. The van der Waals surface area contributed by atoms with Crippen molar-refractivity contribution in [3.05, 3.63) is 65.2 Å². The van der Waals surface area contributed by atoms with Crippen molar-refractivity contribution in [2.75, 3.05) is 20.3 Å². The third-order valence-electron chi connectivity index (χ3n) is 4.47. The molecule has 0 radical (unpaired) electrons. The van der Waals surface area contributed by atoms with Gasteiger partial charge in [0.2, 0.25) is 0 Å². The molecule has 0 N–H and O–H groups in total. The molecule has 0 aliphatic carbocycles. The van der Waals surface area contributed by atoms with E-state index in [1.165, 1.54) is 0 Å². The first-order chi connectivity index (χ1) is 10.8. The highest BCUT2D eigenvalue weighted by Gasteiger charge is 2.53. The summed E-state index contributed by atoms with van der Waals surface area (Å²) in [6, 6.07) is 15.5. The molecule has 2 aromatic rings. The summed E-state index contributed by atoms with van der Waals surface area (Å²) in [5.41, 5.74) is 1.84. The smallest absolute Gasteiger partial charge is 0.257 e. The average Bonchev–Trinajstić information content (AvgIpc) is 2.86. The number of fused-ring (bicyclic) bond motifs is 3. The maximum atomic E-state index is 12.8. The van der Waals surface area contributed by atoms with Gasteiger partial charge in [-0.2, -0.15) is 0 Å². The van der Waals surface area contributed by atoms with Crippen LogP contribution in [0.4, 0.5) is 0 Å². The van der Waals surface area contributed by atoms with Crippen molar-refractivity contribution < 1.29 is 14.3 Å². The van der Waals surface area contributed by atoms with Crippen molar-refractivity contribution in [2.24, 2.45) is 0 Å². The maximum absolute atomic E-state index is 12.8. The van der Waals surface area contributed by atoms with Crippen LogP contribution in [-0.2, 0) is 10.5 Å². The first-order valence-corrected chi connectivity index (χ1v) is 7.47. The van der Waals surface area contributed by atoms with Gasteiger partial charge in [0.15, 0.2) is 5.72 Å². The molecule has 1 saturated heterocycles. The Kier molecular flexibility index (Phi) is 2.94. The second-order valence-corrected chi connectivity index (χ2v) is 5.58. The maximum Gasteiger partial charge on any atom is 0.257 e. The number of nitrogens with zero attached hydrogens (tertiary/aromatic N) is 1. The highest BCUT2D eigenvalue weighted by atomic mass is 16.5. The van der Waals surface area contributed by atoms with Gasteiger partial charge in [-0.3, -0.25) is 4.79 Å². The normalized spacial score (nSPS) is 23.1. The van der Waals surface area contributed by atoms with E-state index in [0.717, 1.165) is 28.9 Å². The van der Waals surface area contributed by atoms with Crippen molar-refractivity contribution in [3.63, 3.8) is 0 Å². The van der Waals surface area contributed by atoms with Crippen molar-refractivity contribution in [3.8, 4) is 5.75 Å². The lowest BCUT2D eigenvalue weighted by Crippen LogP contribution is -2.50. The Hall–Kier alpha value is -2.33. The summed E-state index contributed by atoms with van der Waals surface area (Å²) in [6.07, 6.45) is 0.859. The summed E-state index contributed by atoms with van der Waals surface area (Å²) in [6.45, 7) is 1.35. The van der Waals surface area contributed by atoms with Crippen molar-refractivity contribution in [1.29, 1.82) is 0 Å². The molecule has 1 unspecified atom stereocenters. The van der Waals surface area contributed by atoms with Crippen LogP contribution in [0.1, 0.15) is 27.9 Å². The fraction of sp³-hybridized carbons (Fsp3) is 0.278. The van der Waals surface area contributed by atoms with Gasteiger partial charge in [0, 0.05) is 23.2 Å². The molecule has 0 aromatic heterocycles. The Morgan fingerprint density at radius 3 is 2.68 bits per heavy atom. The molecular weight excluding hydrogens is 278 g/mol. The van der Waals surface area contributed by atoms with Crippen LogP contribution in [0.25, 0.3) is 0 Å². The van der Waals surface area contributed by atoms with Crippen LogP contribution in [0.15, 0.2) is 48.5 Å². The van der Waals surface area contributed by atoms with E-state index in [1.807, 2.05) is 53.4 Å². The Bertz CT molecular complexity index is 725. The van der Waals surface area contributed by atoms with Gasteiger partial charge in [0.1, 0.15) is 5.75 Å². The second kappa shape index (κ2) is 4.85. The molecule has 112 valence electrons. The Morgan fingerprint density at radius 1 is 1.14 bits per heavy atom. The van der Waals surface area contributed by atoms with Crippen molar-refractivity contribution in [1.82, 2.24) is 4.90 Å². The van der Waals surface area contributed by atoms with E-state index in [-0.39, 0.29) is 5.91 Å². The molecule has 2 heterocycles. The fourth-order valence-electron chi connectivity index (χ4n) is 3.47. The van der Waals surface area contributed by atoms with Crippen molar-refractivity contribution in [2.45, 2.75) is 12.1 Å². The van der Waals surface area contributed by atoms with Gasteiger partial charge in [-0.1, -0.05) is 30.3 Å². The van der Waals surface area contributed by atoms with Crippen LogP contribution in [-0.4, -0.2) is 31.1 Å². The number of benzene rings is 2. The molecule has 4 rings (SSSR count). The van der Waals surface area contributed by atoms with E-state index in [0.29, 0.717) is 13.2 Å². The van der Waals surface area contributed by atoms with Crippen LogP contribution in [0.5, 0.6) is 5.75 Å². The quantitative estimate of drug-likeness (QED) is 0.855. The lowest BCUT2D eigenvalue weighted by atomic mass is 9.92. The molecule has 0 saturated carbocycles. The minimum Gasteiger partial charge on any atom is -0.497 e. The molecule has 1 amide bonds. The van der Waals surface area contributed by atoms with Crippen molar-refractivity contribution >= 4 is 5.91 Å². The monoisotopic (exact) mass is 295 g/mol. The zero-order chi connectivity index (χ0) is 15.2. The minimum atomic E-state index is -0.793. The molecule has 22 heavy (non-hydrogen) atoms. The summed E-state index contributed by atoms with van der Waals surface area (Å²) in [5.74, 6) is 0.839. The predicted molar refractivity (Wildman–Crippen MR) is 81.8 cm³/mol. The van der Waals surface area contributed by atoms with E-state index >= 15 is 0 Å². The SMILES string of the molecule is COc1ccc(C23OCCCN2C(=O)c2ccccc23)cc1. The first kappa shape index (κ1) is 13.3. The molecule has 2 aliphatic heterocycles. The lowest BCUT2D eigenvalue weighted by Gasteiger charge is -2.42.